The van der Waals surface area contributed by atoms with Gasteiger partial charge in [0, 0.05) is 26.1 Å². The number of aliphatic imine (C=N–C) groups is 1. The molecule has 1 saturated heterocycles. The molecule has 6 heteroatoms. The minimum Gasteiger partial charge on any atom is -0.497 e. The van der Waals surface area contributed by atoms with Crippen molar-refractivity contribution in [3.63, 3.8) is 0 Å². The third-order valence-electron chi connectivity index (χ3n) is 5.75. The number of rotatable bonds is 9. The van der Waals surface area contributed by atoms with Crippen LogP contribution in [0.2, 0.25) is 0 Å². The molecule has 1 aliphatic rings. The summed E-state index contributed by atoms with van der Waals surface area (Å²) in [7, 11) is 3.49. The van der Waals surface area contributed by atoms with Gasteiger partial charge in [-0.1, -0.05) is 42.5 Å². The third-order valence-corrected chi connectivity index (χ3v) is 5.75. The molecule has 0 aromatic heterocycles. The van der Waals surface area contributed by atoms with Gasteiger partial charge in [-0.05, 0) is 49.2 Å². The van der Waals surface area contributed by atoms with Crippen molar-refractivity contribution >= 4 is 5.96 Å². The molecule has 3 N–H and O–H groups in total. The molecule has 30 heavy (non-hydrogen) atoms. The van der Waals surface area contributed by atoms with Crippen molar-refractivity contribution in [1.29, 1.82) is 0 Å². The number of nitrogens with one attached hydrogen (secondary N) is 2. The van der Waals surface area contributed by atoms with Gasteiger partial charge in [0.2, 0.25) is 0 Å². The molecule has 0 saturated carbocycles. The molecule has 1 aliphatic heterocycles. The number of aliphatic hydroxyl groups excluding tert-OH is 1. The lowest BCUT2D eigenvalue weighted by atomic mass is 10.0. The standard InChI is InChI=1S/C24H34N4O2/c1-25-24(26-16-21(18-29)19-9-4-3-5-10-19)27-17-23(28-13-6-7-14-28)20-11-8-12-22(15-20)30-2/h3-5,8-12,15,21,23,29H,6-7,13-14,16-18H2,1-2H3,(H2,25,26,27). The highest BCUT2D eigenvalue weighted by molar-refractivity contribution is 5.79. The molecule has 0 spiro atoms. The first-order valence-electron chi connectivity index (χ1n) is 10.7. The molecule has 162 valence electrons. The zero-order valence-electron chi connectivity index (χ0n) is 18.1. The fourth-order valence-corrected chi connectivity index (χ4v) is 4.01. The van der Waals surface area contributed by atoms with E-state index >= 15 is 0 Å². The summed E-state index contributed by atoms with van der Waals surface area (Å²) in [5, 5.41) is 16.7. The van der Waals surface area contributed by atoms with Crippen LogP contribution in [-0.2, 0) is 0 Å². The Morgan fingerprint density at radius 1 is 1.03 bits per heavy atom. The smallest absolute Gasteiger partial charge is 0.191 e. The summed E-state index contributed by atoms with van der Waals surface area (Å²) >= 11 is 0. The highest BCUT2D eigenvalue weighted by Gasteiger charge is 2.24. The highest BCUT2D eigenvalue weighted by Crippen LogP contribution is 2.27. The van der Waals surface area contributed by atoms with Crippen LogP contribution < -0.4 is 15.4 Å². The van der Waals surface area contributed by atoms with Crippen LogP contribution in [0.1, 0.15) is 35.9 Å². The Labute approximate surface area is 180 Å². The molecular formula is C24H34N4O2. The second-order valence-electron chi connectivity index (χ2n) is 7.66. The first-order valence-corrected chi connectivity index (χ1v) is 10.7. The monoisotopic (exact) mass is 410 g/mol. The van der Waals surface area contributed by atoms with Gasteiger partial charge in [0.15, 0.2) is 5.96 Å². The van der Waals surface area contributed by atoms with Crippen LogP contribution in [0, 0.1) is 0 Å². The van der Waals surface area contributed by atoms with E-state index in [1.165, 1.54) is 18.4 Å². The first-order chi connectivity index (χ1) is 14.7. The number of benzene rings is 2. The Hall–Kier alpha value is -2.57. The maximum absolute atomic E-state index is 9.81. The minimum absolute atomic E-state index is 0.0255. The maximum atomic E-state index is 9.81. The summed E-state index contributed by atoms with van der Waals surface area (Å²) in [5.41, 5.74) is 2.37. The van der Waals surface area contributed by atoms with Crippen LogP contribution in [0.25, 0.3) is 0 Å². The number of likely N-dealkylation sites (tertiary alicyclic amines) is 1. The van der Waals surface area contributed by atoms with Gasteiger partial charge in [0.1, 0.15) is 5.75 Å². The van der Waals surface area contributed by atoms with Crippen LogP contribution in [0.5, 0.6) is 5.75 Å². The van der Waals surface area contributed by atoms with Gasteiger partial charge >= 0.3 is 0 Å². The second-order valence-corrected chi connectivity index (χ2v) is 7.66. The topological polar surface area (TPSA) is 69.1 Å². The van der Waals surface area contributed by atoms with Crippen LogP contribution in [0.15, 0.2) is 59.6 Å². The Balaban J connectivity index is 1.62. The number of guanidine groups is 1. The molecule has 0 bridgehead atoms. The Morgan fingerprint density at radius 2 is 1.73 bits per heavy atom. The number of aliphatic hydroxyl groups is 1. The molecule has 2 aromatic rings. The summed E-state index contributed by atoms with van der Waals surface area (Å²) in [6, 6.07) is 18.7. The first kappa shape index (κ1) is 22.1. The molecule has 2 unspecified atom stereocenters. The summed E-state index contributed by atoms with van der Waals surface area (Å²) in [6.45, 7) is 3.68. The van der Waals surface area contributed by atoms with Crippen LogP contribution in [-0.4, -0.2) is 62.9 Å². The van der Waals surface area contributed by atoms with E-state index < -0.39 is 0 Å². The third kappa shape index (κ3) is 5.97. The number of methoxy groups -OCH3 is 1. The van der Waals surface area contributed by atoms with Gasteiger partial charge < -0.3 is 20.5 Å². The van der Waals surface area contributed by atoms with Gasteiger partial charge in [-0.25, -0.2) is 0 Å². The zero-order chi connectivity index (χ0) is 21.2. The van der Waals surface area contributed by atoms with Crippen molar-refractivity contribution in [2.24, 2.45) is 4.99 Å². The quantitative estimate of drug-likeness (QED) is 0.438. The molecule has 1 heterocycles. The van der Waals surface area contributed by atoms with E-state index in [4.69, 9.17) is 4.74 Å². The Morgan fingerprint density at radius 3 is 2.40 bits per heavy atom. The molecule has 0 aliphatic carbocycles. The van der Waals surface area contributed by atoms with Crippen LogP contribution >= 0.6 is 0 Å². The van der Waals surface area contributed by atoms with Crippen molar-refractivity contribution in [3.05, 3.63) is 65.7 Å². The normalized spacial score (nSPS) is 16.8. The van der Waals surface area contributed by atoms with Crippen molar-refractivity contribution in [3.8, 4) is 5.75 Å². The van der Waals surface area contributed by atoms with Gasteiger partial charge in [-0.2, -0.15) is 0 Å². The van der Waals surface area contributed by atoms with Crippen molar-refractivity contribution in [1.82, 2.24) is 15.5 Å². The predicted octanol–water partition coefficient (Wildman–Crippen LogP) is 2.77. The van der Waals surface area contributed by atoms with E-state index in [2.05, 4.69) is 38.7 Å². The average Bonchev–Trinajstić information content (AvgIpc) is 3.33. The Bertz CT molecular complexity index is 791. The van der Waals surface area contributed by atoms with E-state index in [0.717, 1.165) is 36.9 Å². The number of hydrogen-bond acceptors (Lipinski definition) is 4. The lowest BCUT2D eigenvalue weighted by molar-refractivity contribution is 0.244. The van der Waals surface area contributed by atoms with Gasteiger partial charge in [-0.3, -0.25) is 9.89 Å². The largest absolute Gasteiger partial charge is 0.497 e. The number of nitrogens with zero attached hydrogens (tertiary/aromatic N) is 2. The average molecular weight is 411 g/mol. The van der Waals surface area contributed by atoms with E-state index in [9.17, 15) is 5.11 Å². The van der Waals surface area contributed by atoms with Gasteiger partial charge in [-0.15, -0.1) is 0 Å². The highest BCUT2D eigenvalue weighted by atomic mass is 16.5. The van der Waals surface area contributed by atoms with E-state index in [1.807, 2.05) is 36.4 Å². The zero-order valence-corrected chi connectivity index (χ0v) is 18.1. The van der Waals surface area contributed by atoms with Crippen molar-refractivity contribution in [2.45, 2.75) is 24.8 Å². The molecule has 0 radical (unpaired) electrons. The summed E-state index contributed by atoms with van der Waals surface area (Å²) < 4.78 is 5.44. The summed E-state index contributed by atoms with van der Waals surface area (Å²) in [4.78, 5) is 6.91. The predicted molar refractivity (Wildman–Crippen MR) is 122 cm³/mol. The molecule has 2 aromatic carbocycles. The fraction of sp³-hybridized carbons (Fsp3) is 0.458. The van der Waals surface area contributed by atoms with Gasteiger partial charge in [0.05, 0.1) is 19.8 Å². The van der Waals surface area contributed by atoms with Gasteiger partial charge in [0.25, 0.3) is 0 Å². The molecule has 3 rings (SSSR count). The fourth-order valence-electron chi connectivity index (χ4n) is 4.01. The molecule has 0 amide bonds. The van der Waals surface area contributed by atoms with Crippen molar-refractivity contribution in [2.75, 3.05) is 46.9 Å². The van der Waals surface area contributed by atoms with E-state index in [-0.39, 0.29) is 18.6 Å². The maximum Gasteiger partial charge on any atom is 0.191 e. The van der Waals surface area contributed by atoms with E-state index in [0.29, 0.717) is 6.54 Å². The summed E-state index contributed by atoms with van der Waals surface area (Å²) in [6.07, 6.45) is 2.48. The van der Waals surface area contributed by atoms with Crippen LogP contribution in [0.3, 0.4) is 0 Å². The Kier molecular flexibility index (Phi) is 8.53. The van der Waals surface area contributed by atoms with E-state index in [1.54, 1.807) is 14.2 Å². The molecule has 6 nitrogen and oxygen atoms in total. The molecular weight excluding hydrogens is 376 g/mol. The van der Waals surface area contributed by atoms with Crippen molar-refractivity contribution < 1.29 is 9.84 Å². The number of hydrogen-bond donors (Lipinski definition) is 3. The molecule has 1 fully saturated rings. The molecule has 2 atom stereocenters. The lowest BCUT2D eigenvalue weighted by Crippen LogP contribution is -2.44. The lowest BCUT2D eigenvalue weighted by Gasteiger charge is -2.29. The van der Waals surface area contributed by atoms with Crippen LogP contribution in [0.4, 0.5) is 0 Å². The number of ether oxygens (including phenoxy) is 1. The second kappa shape index (κ2) is 11.6. The SMILES string of the molecule is CN=C(NCC(CO)c1ccccc1)NCC(c1cccc(OC)c1)N1CCCC1. The summed E-state index contributed by atoms with van der Waals surface area (Å²) in [5.74, 6) is 1.65. The minimum atomic E-state index is 0.0255.